The van der Waals surface area contributed by atoms with Crippen LogP contribution in [0, 0.1) is 6.92 Å². The standard InChI is InChI=1S/C27H32N6O4S/c1-5-20(34)30-16-8-6-7-9-17(16)31-25(35)24-23-22-18(10-11-28-26(22)38-24)33(27(36)32-23)19-13-29-21(12-15(19)4)37-14(2)3/h5,10-14,16-17,23-24H,1,6-9H2,2-4H3,(H,30,34)(H,31,35)(H,32,36)/t16-,17+,23?,24?/m0/s1. The predicted molar refractivity (Wildman–Crippen MR) is 145 cm³/mol. The van der Waals surface area contributed by atoms with Crippen LogP contribution in [0.4, 0.5) is 16.2 Å². The van der Waals surface area contributed by atoms with E-state index in [0.717, 1.165) is 36.8 Å². The second-order valence-corrected chi connectivity index (χ2v) is 11.2. The molecular formula is C27H32N6O4S. The van der Waals surface area contributed by atoms with Gasteiger partial charge in [-0.1, -0.05) is 31.2 Å². The number of pyridine rings is 2. The van der Waals surface area contributed by atoms with Crippen LogP contribution in [-0.2, 0) is 9.59 Å². The van der Waals surface area contributed by atoms with Crippen LogP contribution < -0.4 is 25.6 Å². The van der Waals surface area contributed by atoms with E-state index >= 15 is 0 Å². The van der Waals surface area contributed by atoms with Crippen molar-refractivity contribution in [3.05, 3.63) is 48.3 Å². The van der Waals surface area contributed by atoms with Gasteiger partial charge in [-0.3, -0.25) is 14.5 Å². The molecule has 200 valence electrons. The van der Waals surface area contributed by atoms with E-state index in [-0.39, 0.29) is 36.0 Å². The van der Waals surface area contributed by atoms with Gasteiger partial charge in [-0.05, 0) is 51.3 Å². The van der Waals surface area contributed by atoms with Gasteiger partial charge in [0.25, 0.3) is 0 Å². The van der Waals surface area contributed by atoms with Gasteiger partial charge in [0.1, 0.15) is 10.3 Å². The Morgan fingerprint density at radius 3 is 2.63 bits per heavy atom. The molecule has 0 bridgehead atoms. The molecule has 0 aromatic carbocycles. The van der Waals surface area contributed by atoms with Crippen molar-refractivity contribution in [2.75, 3.05) is 4.90 Å². The summed E-state index contributed by atoms with van der Waals surface area (Å²) < 4.78 is 5.70. The summed E-state index contributed by atoms with van der Waals surface area (Å²) in [5.41, 5.74) is 2.97. The number of nitrogens with zero attached hydrogens (tertiary/aromatic N) is 3. The lowest BCUT2D eigenvalue weighted by Crippen LogP contribution is -2.56. The lowest BCUT2D eigenvalue weighted by molar-refractivity contribution is -0.123. The van der Waals surface area contributed by atoms with E-state index in [9.17, 15) is 14.4 Å². The maximum atomic E-state index is 13.5. The van der Waals surface area contributed by atoms with E-state index in [1.807, 2.05) is 26.8 Å². The van der Waals surface area contributed by atoms with E-state index < -0.39 is 11.3 Å². The third-order valence-electron chi connectivity index (χ3n) is 7.03. The number of anilines is 2. The summed E-state index contributed by atoms with van der Waals surface area (Å²) in [6.07, 6.45) is 8.04. The molecule has 2 aromatic heterocycles. The normalized spacial score (nSPS) is 23.9. The predicted octanol–water partition coefficient (Wildman–Crippen LogP) is 3.68. The zero-order valence-corrected chi connectivity index (χ0v) is 22.5. The maximum Gasteiger partial charge on any atom is 0.327 e. The number of urea groups is 1. The summed E-state index contributed by atoms with van der Waals surface area (Å²) in [7, 11) is 0. The van der Waals surface area contributed by atoms with Crippen molar-refractivity contribution in [1.82, 2.24) is 25.9 Å². The minimum absolute atomic E-state index is 0.0162. The van der Waals surface area contributed by atoms with E-state index in [2.05, 4.69) is 32.5 Å². The molecule has 0 spiro atoms. The Morgan fingerprint density at radius 2 is 1.95 bits per heavy atom. The fraction of sp³-hybridized carbons (Fsp3) is 0.444. The molecule has 4 amide bonds. The monoisotopic (exact) mass is 536 g/mol. The number of thioether (sulfide) groups is 1. The quantitative estimate of drug-likeness (QED) is 0.461. The Bertz CT molecular complexity index is 1280. The molecule has 1 saturated carbocycles. The Labute approximate surface area is 226 Å². The van der Waals surface area contributed by atoms with Crippen LogP contribution in [0.5, 0.6) is 5.88 Å². The highest BCUT2D eigenvalue weighted by Crippen LogP contribution is 2.51. The Balaban J connectivity index is 1.39. The van der Waals surface area contributed by atoms with Crippen molar-refractivity contribution in [3.63, 3.8) is 0 Å². The number of rotatable bonds is 7. The topological polar surface area (TPSA) is 126 Å². The van der Waals surface area contributed by atoms with Gasteiger partial charge in [0.15, 0.2) is 0 Å². The summed E-state index contributed by atoms with van der Waals surface area (Å²) >= 11 is 1.35. The largest absolute Gasteiger partial charge is 0.475 e. The van der Waals surface area contributed by atoms with Gasteiger partial charge in [0.2, 0.25) is 17.7 Å². The average molecular weight is 537 g/mol. The second-order valence-electron chi connectivity index (χ2n) is 10.0. The van der Waals surface area contributed by atoms with Gasteiger partial charge in [-0.15, -0.1) is 0 Å². The molecular weight excluding hydrogens is 504 g/mol. The van der Waals surface area contributed by atoms with Crippen LogP contribution in [0.15, 0.2) is 42.2 Å². The highest BCUT2D eigenvalue weighted by atomic mass is 32.2. The molecule has 2 unspecified atom stereocenters. The molecule has 0 saturated heterocycles. The number of ether oxygens (including phenoxy) is 1. The molecule has 2 aromatic rings. The number of aryl methyl sites for hydroxylation is 1. The zero-order valence-electron chi connectivity index (χ0n) is 21.7. The first kappa shape index (κ1) is 26.0. The summed E-state index contributed by atoms with van der Waals surface area (Å²) in [6, 6.07) is 2.40. The fourth-order valence-corrected chi connectivity index (χ4v) is 6.55. The SMILES string of the molecule is C=CC(=O)N[C@H]1CCCC[C@H]1NC(=O)C1Sc2nccc3c2C1NC(=O)N3c1cnc(OC(C)C)cc1C. The van der Waals surface area contributed by atoms with Gasteiger partial charge in [-0.25, -0.2) is 14.8 Å². The fourth-order valence-electron chi connectivity index (χ4n) is 5.31. The van der Waals surface area contributed by atoms with Crippen molar-refractivity contribution in [3.8, 4) is 5.88 Å². The molecule has 2 aliphatic heterocycles. The van der Waals surface area contributed by atoms with Crippen molar-refractivity contribution < 1.29 is 19.1 Å². The molecule has 3 N–H and O–H groups in total. The van der Waals surface area contributed by atoms with Crippen molar-refractivity contribution in [2.24, 2.45) is 0 Å². The number of hydrogen-bond acceptors (Lipinski definition) is 7. The van der Waals surface area contributed by atoms with Crippen molar-refractivity contribution in [1.29, 1.82) is 0 Å². The number of aromatic nitrogens is 2. The van der Waals surface area contributed by atoms with E-state index in [1.165, 1.54) is 17.8 Å². The smallest absolute Gasteiger partial charge is 0.327 e. The summed E-state index contributed by atoms with van der Waals surface area (Å²) in [5, 5.41) is 9.26. The molecule has 4 atom stereocenters. The van der Waals surface area contributed by atoms with Crippen LogP contribution >= 0.6 is 11.8 Å². The van der Waals surface area contributed by atoms with E-state index in [4.69, 9.17) is 4.74 Å². The maximum absolute atomic E-state index is 13.5. The summed E-state index contributed by atoms with van der Waals surface area (Å²) in [5.74, 6) is 0.0606. The Kier molecular flexibility index (Phi) is 7.29. The van der Waals surface area contributed by atoms with Crippen LogP contribution in [0.2, 0.25) is 0 Å². The molecule has 5 rings (SSSR count). The van der Waals surface area contributed by atoms with Crippen LogP contribution in [0.1, 0.15) is 56.7 Å². The molecule has 3 aliphatic rings. The Morgan fingerprint density at radius 1 is 1.21 bits per heavy atom. The van der Waals surface area contributed by atoms with E-state index in [0.29, 0.717) is 22.3 Å². The molecule has 11 heteroatoms. The minimum atomic E-state index is -0.580. The molecule has 38 heavy (non-hydrogen) atoms. The van der Waals surface area contributed by atoms with Crippen LogP contribution in [-0.4, -0.2) is 51.3 Å². The Hall–Kier alpha value is -3.60. The number of hydrogen-bond donors (Lipinski definition) is 3. The molecule has 4 heterocycles. The third-order valence-corrected chi connectivity index (χ3v) is 8.32. The first-order valence-electron chi connectivity index (χ1n) is 12.9. The van der Waals surface area contributed by atoms with Gasteiger partial charge < -0.3 is 20.7 Å². The van der Waals surface area contributed by atoms with Crippen molar-refractivity contribution >= 4 is 41.0 Å². The van der Waals surface area contributed by atoms with Crippen molar-refractivity contribution in [2.45, 2.75) is 81.0 Å². The molecule has 10 nitrogen and oxygen atoms in total. The lowest BCUT2D eigenvalue weighted by Gasteiger charge is -2.36. The number of amides is 4. The third kappa shape index (κ3) is 4.94. The number of nitrogens with one attached hydrogen (secondary N) is 3. The zero-order chi connectivity index (χ0) is 27.0. The first-order chi connectivity index (χ1) is 18.3. The second kappa shape index (κ2) is 10.6. The van der Waals surface area contributed by atoms with Gasteiger partial charge in [0, 0.05) is 29.9 Å². The molecule has 1 aliphatic carbocycles. The van der Waals surface area contributed by atoms with Gasteiger partial charge >= 0.3 is 6.03 Å². The number of carbonyl (C=O) groups excluding carboxylic acids is 3. The summed E-state index contributed by atoms with van der Waals surface area (Å²) in [4.78, 5) is 49.4. The highest BCUT2D eigenvalue weighted by molar-refractivity contribution is 8.01. The average Bonchev–Trinajstić information content (AvgIpc) is 3.25. The summed E-state index contributed by atoms with van der Waals surface area (Å²) in [6.45, 7) is 9.29. The number of carbonyl (C=O) groups is 3. The van der Waals surface area contributed by atoms with Crippen LogP contribution in [0.25, 0.3) is 0 Å². The first-order valence-corrected chi connectivity index (χ1v) is 13.8. The highest BCUT2D eigenvalue weighted by Gasteiger charge is 2.47. The van der Waals surface area contributed by atoms with Gasteiger partial charge in [-0.2, -0.15) is 0 Å². The minimum Gasteiger partial charge on any atom is -0.475 e. The van der Waals surface area contributed by atoms with E-state index in [1.54, 1.807) is 23.4 Å². The molecule has 1 fully saturated rings. The molecule has 0 radical (unpaired) electrons. The van der Waals surface area contributed by atoms with Crippen LogP contribution in [0.3, 0.4) is 0 Å². The van der Waals surface area contributed by atoms with Gasteiger partial charge in [0.05, 0.1) is 29.7 Å². The lowest BCUT2D eigenvalue weighted by atomic mass is 9.89.